The highest BCUT2D eigenvalue weighted by atomic mass is 16.4. The number of rotatable bonds is 4. The highest BCUT2D eigenvalue weighted by Gasteiger charge is 2.21. The summed E-state index contributed by atoms with van der Waals surface area (Å²) in [6.07, 6.45) is 2.20. The molecule has 0 saturated heterocycles. The molecule has 1 aromatic heterocycles. The first-order chi connectivity index (χ1) is 6.61. The van der Waals surface area contributed by atoms with Crippen LogP contribution in [-0.2, 0) is 11.2 Å². The summed E-state index contributed by atoms with van der Waals surface area (Å²) in [5.41, 5.74) is 0.841. The summed E-state index contributed by atoms with van der Waals surface area (Å²) >= 11 is 0. The molecule has 14 heavy (non-hydrogen) atoms. The number of aliphatic carboxylic acids is 1. The second-order valence-electron chi connectivity index (χ2n) is 3.71. The van der Waals surface area contributed by atoms with Gasteiger partial charge >= 0.3 is 5.97 Å². The molecule has 1 heterocycles. The van der Waals surface area contributed by atoms with Crippen LogP contribution in [0, 0.1) is 11.8 Å². The smallest absolute Gasteiger partial charge is 0.307 e. The molecule has 0 aliphatic carbocycles. The van der Waals surface area contributed by atoms with Crippen LogP contribution in [0.2, 0.25) is 0 Å². The van der Waals surface area contributed by atoms with Gasteiger partial charge in [0.15, 0.2) is 0 Å². The van der Waals surface area contributed by atoms with E-state index in [1.165, 1.54) is 0 Å². The van der Waals surface area contributed by atoms with Gasteiger partial charge in [-0.2, -0.15) is 0 Å². The van der Waals surface area contributed by atoms with E-state index in [2.05, 4.69) is 4.98 Å². The Morgan fingerprint density at radius 3 is 2.64 bits per heavy atom. The lowest BCUT2D eigenvalue weighted by molar-refractivity contribution is -0.143. The third kappa shape index (κ3) is 2.83. The van der Waals surface area contributed by atoms with E-state index in [4.69, 9.17) is 5.11 Å². The van der Waals surface area contributed by atoms with Crippen molar-refractivity contribution >= 4 is 5.97 Å². The molecule has 3 nitrogen and oxygen atoms in total. The van der Waals surface area contributed by atoms with Crippen LogP contribution in [-0.4, -0.2) is 16.1 Å². The number of hydrogen-bond donors (Lipinski definition) is 1. The van der Waals surface area contributed by atoms with E-state index >= 15 is 0 Å². The standard InChI is InChI=1S/C11H15NO2/c1-8(2)10(11(13)14)7-9-5-3-4-6-12-9/h3-6,8,10H,7H2,1-2H3,(H,13,14). The molecule has 0 saturated carbocycles. The van der Waals surface area contributed by atoms with Gasteiger partial charge in [0.25, 0.3) is 0 Å². The molecule has 0 amide bonds. The predicted octanol–water partition coefficient (Wildman–Crippen LogP) is 1.98. The van der Waals surface area contributed by atoms with E-state index in [9.17, 15) is 4.79 Å². The van der Waals surface area contributed by atoms with Gasteiger partial charge in [-0.25, -0.2) is 0 Å². The van der Waals surface area contributed by atoms with Crippen LogP contribution >= 0.6 is 0 Å². The van der Waals surface area contributed by atoms with E-state index < -0.39 is 5.97 Å². The SMILES string of the molecule is CC(C)C(Cc1ccccn1)C(=O)O. The molecule has 0 fully saturated rings. The normalized spacial score (nSPS) is 12.8. The lowest BCUT2D eigenvalue weighted by Crippen LogP contribution is -2.22. The Hall–Kier alpha value is -1.38. The minimum Gasteiger partial charge on any atom is -0.481 e. The van der Waals surface area contributed by atoms with E-state index in [1.807, 2.05) is 32.0 Å². The highest BCUT2D eigenvalue weighted by Crippen LogP contribution is 2.16. The Morgan fingerprint density at radius 2 is 2.21 bits per heavy atom. The number of carboxylic acid groups (broad SMARTS) is 1. The number of carboxylic acids is 1. The largest absolute Gasteiger partial charge is 0.481 e. The van der Waals surface area contributed by atoms with Crippen LogP contribution in [0.1, 0.15) is 19.5 Å². The summed E-state index contributed by atoms with van der Waals surface area (Å²) in [5.74, 6) is -0.954. The lowest BCUT2D eigenvalue weighted by Gasteiger charge is -2.15. The minimum absolute atomic E-state index is 0.134. The highest BCUT2D eigenvalue weighted by molar-refractivity contribution is 5.70. The Bertz CT molecular complexity index is 295. The second kappa shape index (κ2) is 4.74. The fraction of sp³-hybridized carbons (Fsp3) is 0.455. The molecule has 0 bridgehead atoms. The number of nitrogens with zero attached hydrogens (tertiary/aromatic N) is 1. The summed E-state index contributed by atoms with van der Waals surface area (Å²) in [5, 5.41) is 8.98. The van der Waals surface area contributed by atoms with Crippen molar-refractivity contribution in [2.45, 2.75) is 20.3 Å². The van der Waals surface area contributed by atoms with Crippen LogP contribution in [0.3, 0.4) is 0 Å². The third-order valence-corrected chi connectivity index (χ3v) is 2.28. The van der Waals surface area contributed by atoms with Gasteiger partial charge in [-0.3, -0.25) is 9.78 Å². The maximum absolute atomic E-state index is 10.9. The quantitative estimate of drug-likeness (QED) is 0.795. The van der Waals surface area contributed by atoms with E-state index in [0.717, 1.165) is 5.69 Å². The molecular weight excluding hydrogens is 178 g/mol. The molecule has 1 rings (SSSR count). The van der Waals surface area contributed by atoms with Crippen LogP contribution in [0.4, 0.5) is 0 Å². The molecule has 3 heteroatoms. The van der Waals surface area contributed by atoms with Crippen molar-refractivity contribution in [1.29, 1.82) is 0 Å². The molecule has 0 aliphatic heterocycles. The summed E-state index contributed by atoms with van der Waals surface area (Å²) < 4.78 is 0. The van der Waals surface area contributed by atoms with E-state index in [0.29, 0.717) is 6.42 Å². The summed E-state index contributed by atoms with van der Waals surface area (Å²) in [4.78, 5) is 15.0. The van der Waals surface area contributed by atoms with Gasteiger partial charge in [-0.15, -0.1) is 0 Å². The topological polar surface area (TPSA) is 50.2 Å². The van der Waals surface area contributed by atoms with Gasteiger partial charge in [0.2, 0.25) is 0 Å². The van der Waals surface area contributed by atoms with Gasteiger partial charge in [0.1, 0.15) is 0 Å². The van der Waals surface area contributed by atoms with Crippen LogP contribution < -0.4 is 0 Å². The van der Waals surface area contributed by atoms with Gasteiger partial charge in [0, 0.05) is 18.3 Å². The summed E-state index contributed by atoms with van der Waals surface area (Å²) in [7, 11) is 0. The van der Waals surface area contributed by atoms with Crippen molar-refractivity contribution in [2.24, 2.45) is 11.8 Å². The second-order valence-corrected chi connectivity index (χ2v) is 3.71. The fourth-order valence-corrected chi connectivity index (χ4v) is 1.35. The average molecular weight is 193 g/mol. The zero-order valence-corrected chi connectivity index (χ0v) is 8.47. The Morgan fingerprint density at radius 1 is 1.50 bits per heavy atom. The molecule has 0 aromatic carbocycles. The maximum atomic E-state index is 10.9. The van der Waals surface area contributed by atoms with Gasteiger partial charge in [-0.1, -0.05) is 19.9 Å². The molecule has 0 aliphatic rings. The number of carbonyl (C=O) groups is 1. The first-order valence-corrected chi connectivity index (χ1v) is 4.74. The van der Waals surface area contributed by atoms with E-state index in [-0.39, 0.29) is 11.8 Å². The maximum Gasteiger partial charge on any atom is 0.307 e. The first kappa shape index (κ1) is 10.7. The van der Waals surface area contributed by atoms with E-state index in [1.54, 1.807) is 6.20 Å². The minimum atomic E-state index is -0.745. The molecule has 1 unspecified atom stereocenters. The Labute approximate surface area is 83.8 Å². The molecular formula is C11H15NO2. The van der Waals surface area contributed by atoms with Crippen LogP contribution in [0.15, 0.2) is 24.4 Å². The van der Waals surface area contributed by atoms with Crippen molar-refractivity contribution in [3.8, 4) is 0 Å². The van der Waals surface area contributed by atoms with Crippen molar-refractivity contribution < 1.29 is 9.90 Å². The Balaban J connectivity index is 2.70. The van der Waals surface area contributed by atoms with Crippen molar-refractivity contribution in [1.82, 2.24) is 4.98 Å². The molecule has 0 radical (unpaired) electrons. The summed E-state index contributed by atoms with van der Waals surface area (Å²) in [6, 6.07) is 5.56. The van der Waals surface area contributed by atoms with Crippen molar-refractivity contribution in [2.75, 3.05) is 0 Å². The number of aromatic nitrogens is 1. The van der Waals surface area contributed by atoms with Crippen LogP contribution in [0.5, 0.6) is 0 Å². The van der Waals surface area contributed by atoms with Gasteiger partial charge in [0.05, 0.1) is 5.92 Å². The number of pyridine rings is 1. The van der Waals surface area contributed by atoms with Crippen molar-refractivity contribution in [3.05, 3.63) is 30.1 Å². The summed E-state index contributed by atoms with van der Waals surface area (Å²) in [6.45, 7) is 3.84. The van der Waals surface area contributed by atoms with Gasteiger partial charge < -0.3 is 5.11 Å². The average Bonchev–Trinajstić information content (AvgIpc) is 2.15. The third-order valence-electron chi connectivity index (χ3n) is 2.28. The fourth-order valence-electron chi connectivity index (χ4n) is 1.35. The number of hydrogen-bond acceptors (Lipinski definition) is 2. The molecule has 1 aromatic rings. The zero-order chi connectivity index (χ0) is 10.6. The lowest BCUT2D eigenvalue weighted by atomic mass is 9.91. The van der Waals surface area contributed by atoms with Crippen LogP contribution in [0.25, 0.3) is 0 Å². The van der Waals surface area contributed by atoms with Crippen molar-refractivity contribution in [3.63, 3.8) is 0 Å². The monoisotopic (exact) mass is 193 g/mol. The molecule has 76 valence electrons. The Kier molecular flexibility index (Phi) is 3.63. The van der Waals surface area contributed by atoms with Gasteiger partial charge in [-0.05, 0) is 18.1 Å². The first-order valence-electron chi connectivity index (χ1n) is 4.74. The molecule has 1 atom stereocenters. The molecule has 1 N–H and O–H groups in total. The molecule has 0 spiro atoms. The zero-order valence-electron chi connectivity index (χ0n) is 8.47. The predicted molar refractivity (Wildman–Crippen MR) is 53.9 cm³/mol.